The Morgan fingerprint density at radius 2 is 1.84 bits per heavy atom. The van der Waals surface area contributed by atoms with E-state index < -0.39 is 0 Å². The van der Waals surface area contributed by atoms with Crippen LogP contribution in [0.25, 0.3) is 0 Å². The SMILES string of the molecule is Cc1c(Cl)nnc(NCC(C)N2CCCCC2)c1C. The van der Waals surface area contributed by atoms with Crippen molar-refractivity contribution in [1.82, 2.24) is 15.1 Å². The fourth-order valence-electron chi connectivity index (χ4n) is 2.48. The van der Waals surface area contributed by atoms with Gasteiger partial charge >= 0.3 is 0 Å². The third-order valence-electron chi connectivity index (χ3n) is 4.04. The Labute approximate surface area is 120 Å². The zero-order valence-corrected chi connectivity index (χ0v) is 12.8. The number of anilines is 1. The van der Waals surface area contributed by atoms with Gasteiger partial charge in [-0.05, 0) is 57.8 Å². The van der Waals surface area contributed by atoms with Crippen molar-refractivity contribution in [2.24, 2.45) is 0 Å². The van der Waals surface area contributed by atoms with Gasteiger partial charge in [-0.1, -0.05) is 18.0 Å². The van der Waals surface area contributed by atoms with Crippen LogP contribution < -0.4 is 5.32 Å². The van der Waals surface area contributed by atoms with Crippen LogP contribution in [0.2, 0.25) is 5.15 Å². The second kappa shape index (κ2) is 6.53. The number of halogens is 1. The second-order valence-corrected chi connectivity index (χ2v) is 5.77. The normalized spacial score (nSPS) is 18.3. The van der Waals surface area contributed by atoms with Crippen LogP contribution in [0.1, 0.15) is 37.3 Å². The molecule has 106 valence electrons. The van der Waals surface area contributed by atoms with Gasteiger partial charge < -0.3 is 5.32 Å². The van der Waals surface area contributed by atoms with Gasteiger partial charge in [0.05, 0.1) is 0 Å². The van der Waals surface area contributed by atoms with Crippen LogP contribution in [-0.4, -0.2) is 40.8 Å². The Balaban J connectivity index is 1.93. The van der Waals surface area contributed by atoms with Gasteiger partial charge in [0, 0.05) is 12.6 Å². The lowest BCUT2D eigenvalue weighted by atomic mass is 10.1. The zero-order valence-electron chi connectivity index (χ0n) is 12.0. The average Bonchev–Trinajstić information content (AvgIpc) is 2.45. The summed E-state index contributed by atoms with van der Waals surface area (Å²) in [5.41, 5.74) is 2.09. The molecule has 1 aliphatic rings. The Morgan fingerprint density at radius 3 is 2.53 bits per heavy atom. The van der Waals surface area contributed by atoms with Gasteiger partial charge in [0.2, 0.25) is 0 Å². The number of piperidine rings is 1. The molecule has 0 radical (unpaired) electrons. The summed E-state index contributed by atoms with van der Waals surface area (Å²) in [6.45, 7) is 9.61. The third-order valence-corrected chi connectivity index (χ3v) is 4.40. The Morgan fingerprint density at radius 1 is 1.16 bits per heavy atom. The summed E-state index contributed by atoms with van der Waals surface area (Å²) in [6.07, 6.45) is 4.02. The van der Waals surface area contributed by atoms with Crippen LogP contribution in [0.5, 0.6) is 0 Å². The van der Waals surface area contributed by atoms with E-state index in [0.29, 0.717) is 11.2 Å². The van der Waals surface area contributed by atoms with Crippen molar-refractivity contribution in [1.29, 1.82) is 0 Å². The van der Waals surface area contributed by atoms with Crippen LogP contribution in [0, 0.1) is 13.8 Å². The summed E-state index contributed by atoms with van der Waals surface area (Å²) in [7, 11) is 0. The summed E-state index contributed by atoms with van der Waals surface area (Å²) in [4.78, 5) is 2.54. The molecule has 1 unspecified atom stereocenters. The molecule has 0 saturated carbocycles. The number of hydrogen-bond donors (Lipinski definition) is 1. The highest BCUT2D eigenvalue weighted by atomic mass is 35.5. The van der Waals surface area contributed by atoms with Gasteiger partial charge in [0.15, 0.2) is 11.0 Å². The maximum atomic E-state index is 5.96. The smallest absolute Gasteiger partial charge is 0.155 e. The molecular weight excluding hydrogens is 260 g/mol. The van der Waals surface area contributed by atoms with E-state index in [2.05, 4.69) is 27.3 Å². The van der Waals surface area contributed by atoms with Crippen molar-refractivity contribution in [3.05, 3.63) is 16.3 Å². The van der Waals surface area contributed by atoms with Crippen molar-refractivity contribution in [3.8, 4) is 0 Å². The number of aromatic nitrogens is 2. The minimum atomic E-state index is 0.493. The van der Waals surface area contributed by atoms with Gasteiger partial charge in [0.25, 0.3) is 0 Å². The van der Waals surface area contributed by atoms with Gasteiger partial charge in [-0.3, -0.25) is 4.90 Å². The molecule has 0 spiro atoms. The number of likely N-dealkylation sites (tertiary alicyclic amines) is 1. The fourth-order valence-corrected chi connectivity index (χ4v) is 2.66. The lowest BCUT2D eigenvalue weighted by Crippen LogP contribution is -2.41. The predicted molar refractivity (Wildman–Crippen MR) is 79.9 cm³/mol. The molecule has 1 N–H and O–H groups in total. The summed E-state index contributed by atoms with van der Waals surface area (Å²) >= 11 is 5.96. The number of rotatable bonds is 4. The number of nitrogens with zero attached hydrogens (tertiary/aromatic N) is 3. The van der Waals surface area contributed by atoms with Gasteiger partial charge in [-0.15, -0.1) is 10.2 Å². The highest BCUT2D eigenvalue weighted by Gasteiger charge is 2.17. The third kappa shape index (κ3) is 3.57. The maximum absolute atomic E-state index is 5.96. The van der Waals surface area contributed by atoms with Crippen LogP contribution in [0.4, 0.5) is 5.82 Å². The molecule has 1 aromatic heterocycles. The number of hydrogen-bond acceptors (Lipinski definition) is 4. The van der Waals surface area contributed by atoms with Crippen molar-refractivity contribution < 1.29 is 0 Å². The van der Waals surface area contributed by atoms with Crippen LogP contribution in [0.3, 0.4) is 0 Å². The van der Waals surface area contributed by atoms with Gasteiger partial charge in [-0.25, -0.2) is 0 Å². The predicted octanol–water partition coefficient (Wildman–Crippen LogP) is 3.03. The second-order valence-electron chi connectivity index (χ2n) is 5.42. The fraction of sp³-hybridized carbons (Fsp3) is 0.714. The first-order chi connectivity index (χ1) is 9.09. The van der Waals surface area contributed by atoms with Gasteiger partial charge in [-0.2, -0.15) is 0 Å². The van der Waals surface area contributed by atoms with Crippen LogP contribution >= 0.6 is 11.6 Å². The molecule has 1 saturated heterocycles. The van der Waals surface area contributed by atoms with E-state index in [1.165, 1.54) is 32.4 Å². The number of nitrogens with one attached hydrogen (secondary N) is 1. The monoisotopic (exact) mass is 282 g/mol. The molecule has 19 heavy (non-hydrogen) atoms. The summed E-state index contributed by atoms with van der Waals surface area (Å²) in [5.74, 6) is 0.853. The average molecular weight is 283 g/mol. The highest BCUT2D eigenvalue weighted by molar-refractivity contribution is 6.30. The molecule has 0 bridgehead atoms. The lowest BCUT2D eigenvalue weighted by Gasteiger charge is -2.32. The quantitative estimate of drug-likeness (QED) is 0.922. The molecule has 0 amide bonds. The van der Waals surface area contributed by atoms with Crippen LogP contribution in [-0.2, 0) is 0 Å². The molecule has 4 nitrogen and oxygen atoms in total. The Hall–Kier alpha value is -0.870. The first-order valence-electron chi connectivity index (χ1n) is 7.07. The van der Waals surface area contributed by atoms with E-state index in [1.54, 1.807) is 0 Å². The van der Waals surface area contributed by atoms with Crippen molar-refractivity contribution >= 4 is 17.4 Å². The summed E-state index contributed by atoms with van der Waals surface area (Å²) in [6, 6.07) is 0.525. The molecule has 1 fully saturated rings. The highest BCUT2D eigenvalue weighted by Crippen LogP contribution is 2.21. The van der Waals surface area contributed by atoms with E-state index in [-0.39, 0.29) is 0 Å². The molecule has 2 heterocycles. The largest absolute Gasteiger partial charge is 0.367 e. The zero-order chi connectivity index (χ0) is 13.8. The first-order valence-corrected chi connectivity index (χ1v) is 7.44. The molecule has 1 aromatic rings. The Kier molecular flexibility index (Phi) is 4.99. The molecule has 2 rings (SSSR count). The van der Waals surface area contributed by atoms with E-state index in [1.807, 2.05) is 13.8 Å². The minimum Gasteiger partial charge on any atom is -0.367 e. The van der Waals surface area contributed by atoms with E-state index in [9.17, 15) is 0 Å². The molecule has 0 aromatic carbocycles. The molecule has 1 atom stereocenters. The molecule has 5 heteroatoms. The van der Waals surface area contributed by atoms with E-state index >= 15 is 0 Å². The first kappa shape index (κ1) is 14.5. The van der Waals surface area contributed by atoms with Crippen molar-refractivity contribution in [2.75, 3.05) is 25.0 Å². The standard InChI is InChI=1S/C14H23ClN4/c1-10(19-7-5-4-6-8-19)9-16-14-12(3)11(2)13(15)17-18-14/h10H,4-9H2,1-3H3,(H,16,18). The topological polar surface area (TPSA) is 41.1 Å². The van der Waals surface area contributed by atoms with Gasteiger partial charge in [0.1, 0.15) is 0 Å². The van der Waals surface area contributed by atoms with E-state index in [4.69, 9.17) is 11.6 Å². The summed E-state index contributed by atoms with van der Waals surface area (Å²) < 4.78 is 0. The molecular formula is C14H23ClN4. The Bertz CT molecular complexity index is 430. The summed E-state index contributed by atoms with van der Waals surface area (Å²) in [5, 5.41) is 12.0. The van der Waals surface area contributed by atoms with Crippen molar-refractivity contribution in [2.45, 2.75) is 46.1 Å². The maximum Gasteiger partial charge on any atom is 0.155 e. The lowest BCUT2D eigenvalue weighted by molar-refractivity contribution is 0.180. The van der Waals surface area contributed by atoms with E-state index in [0.717, 1.165) is 23.5 Å². The molecule has 0 aliphatic carbocycles. The minimum absolute atomic E-state index is 0.493. The van der Waals surface area contributed by atoms with Crippen LogP contribution in [0.15, 0.2) is 0 Å². The van der Waals surface area contributed by atoms with Crippen molar-refractivity contribution in [3.63, 3.8) is 0 Å². The molecule has 1 aliphatic heterocycles.